The van der Waals surface area contributed by atoms with Gasteiger partial charge in [-0.05, 0) is 42.3 Å². The van der Waals surface area contributed by atoms with Crippen LogP contribution < -0.4 is 5.32 Å². The molecule has 7 nitrogen and oxygen atoms in total. The second kappa shape index (κ2) is 8.47. The Morgan fingerprint density at radius 1 is 1.11 bits per heavy atom. The largest absolute Gasteiger partial charge is 0.453 e. The number of hydrogen-bond acceptors (Lipinski definition) is 5. The van der Waals surface area contributed by atoms with Crippen molar-refractivity contribution in [3.05, 3.63) is 66.1 Å². The van der Waals surface area contributed by atoms with E-state index in [1.807, 2.05) is 26.0 Å². The van der Waals surface area contributed by atoms with Crippen LogP contribution in [-0.4, -0.2) is 33.7 Å². The lowest BCUT2D eigenvalue weighted by molar-refractivity contribution is -0.116. The van der Waals surface area contributed by atoms with Crippen molar-refractivity contribution in [3.8, 4) is 0 Å². The summed E-state index contributed by atoms with van der Waals surface area (Å²) in [6.45, 7) is 3.55. The Kier molecular flexibility index (Phi) is 5.84. The Hall–Kier alpha value is -3.48. The number of nitrogens with zero attached hydrogens (tertiary/aromatic N) is 2. The molecule has 0 aliphatic heterocycles. The number of carbonyl (C=O) groups is 3. The van der Waals surface area contributed by atoms with Gasteiger partial charge in [-0.3, -0.25) is 9.59 Å². The number of ether oxygens (including phenoxy) is 1. The van der Waals surface area contributed by atoms with Crippen LogP contribution in [0.25, 0.3) is 5.65 Å². The van der Waals surface area contributed by atoms with Gasteiger partial charge in [-0.2, -0.15) is 0 Å². The molecule has 28 heavy (non-hydrogen) atoms. The zero-order valence-corrected chi connectivity index (χ0v) is 15.7. The number of aromatic nitrogens is 2. The van der Waals surface area contributed by atoms with Crippen molar-refractivity contribution < 1.29 is 19.1 Å². The first-order chi connectivity index (χ1) is 13.4. The predicted octanol–water partition coefficient (Wildman–Crippen LogP) is 3.36. The quantitative estimate of drug-likeness (QED) is 0.502. The summed E-state index contributed by atoms with van der Waals surface area (Å²) in [7, 11) is 0. The van der Waals surface area contributed by atoms with Gasteiger partial charge >= 0.3 is 5.97 Å². The molecule has 7 heteroatoms. The molecule has 1 amide bonds. The molecule has 0 aliphatic carbocycles. The number of ketones is 1. The Balaban J connectivity index is 1.55. The maximum Gasteiger partial charge on any atom is 0.359 e. The Morgan fingerprint density at radius 2 is 1.86 bits per heavy atom. The third-order valence-corrected chi connectivity index (χ3v) is 3.99. The lowest BCUT2D eigenvalue weighted by Crippen LogP contribution is -2.15. The van der Waals surface area contributed by atoms with Crippen LogP contribution in [0.2, 0.25) is 0 Å². The fraction of sp³-hybridized carbons (Fsp3) is 0.238. The molecule has 2 heterocycles. The van der Waals surface area contributed by atoms with Crippen molar-refractivity contribution in [1.29, 1.82) is 0 Å². The number of anilines is 1. The van der Waals surface area contributed by atoms with E-state index >= 15 is 0 Å². The average molecular weight is 379 g/mol. The third-order valence-electron chi connectivity index (χ3n) is 3.99. The predicted molar refractivity (Wildman–Crippen MR) is 104 cm³/mol. The summed E-state index contributed by atoms with van der Waals surface area (Å²) < 4.78 is 6.78. The van der Waals surface area contributed by atoms with E-state index in [-0.39, 0.29) is 29.9 Å². The lowest BCUT2D eigenvalue weighted by atomic mass is 10.1. The van der Waals surface area contributed by atoms with Crippen LogP contribution in [0.15, 0.2) is 54.9 Å². The van der Waals surface area contributed by atoms with Gasteiger partial charge in [-0.25, -0.2) is 9.78 Å². The summed E-state index contributed by atoms with van der Waals surface area (Å²) in [6.07, 6.45) is 3.75. The molecule has 1 aromatic carbocycles. The van der Waals surface area contributed by atoms with Crippen molar-refractivity contribution in [3.63, 3.8) is 0 Å². The van der Waals surface area contributed by atoms with E-state index in [4.69, 9.17) is 4.74 Å². The number of Topliss-reactive ketones (excluding diaryl/α,β-unsaturated/α-hetero) is 1. The molecule has 0 saturated heterocycles. The third kappa shape index (κ3) is 4.82. The summed E-state index contributed by atoms with van der Waals surface area (Å²) in [5, 5.41) is 2.78. The molecule has 0 aliphatic rings. The molecule has 0 saturated carbocycles. The smallest absolute Gasteiger partial charge is 0.359 e. The number of benzene rings is 1. The minimum atomic E-state index is -0.658. The number of imidazole rings is 1. The van der Waals surface area contributed by atoms with Crippen LogP contribution in [0.3, 0.4) is 0 Å². The van der Waals surface area contributed by atoms with Crippen molar-refractivity contribution >= 4 is 29.0 Å². The van der Waals surface area contributed by atoms with Gasteiger partial charge in [-0.15, -0.1) is 0 Å². The molecule has 144 valence electrons. The number of amides is 1. The van der Waals surface area contributed by atoms with Crippen molar-refractivity contribution in [2.24, 2.45) is 5.92 Å². The van der Waals surface area contributed by atoms with E-state index < -0.39 is 5.97 Å². The van der Waals surface area contributed by atoms with Crippen LogP contribution in [0, 0.1) is 5.92 Å². The number of hydrogen-bond donors (Lipinski definition) is 1. The maximum absolute atomic E-state index is 12.2. The van der Waals surface area contributed by atoms with E-state index in [0.717, 1.165) is 0 Å². The van der Waals surface area contributed by atoms with Gasteiger partial charge in [0.1, 0.15) is 5.65 Å². The Labute approximate surface area is 162 Å². The summed E-state index contributed by atoms with van der Waals surface area (Å²) in [4.78, 5) is 40.3. The van der Waals surface area contributed by atoms with Crippen LogP contribution in [-0.2, 0) is 9.53 Å². The second-order valence-electron chi connectivity index (χ2n) is 6.82. The minimum absolute atomic E-state index is 0.0736. The molecule has 0 spiro atoms. The van der Waals surface area contributed by atoms with E-state index in [2.05, 4.69) is 10.3 Å². The van der Waals surface area contributed by atoms with Gasteiger partial charge in [0, 0.05) is 30.1 Å². The van der Waals surface area contributed by atoms with E-state index in [1.165, 1.54) is 0 Å². The van der Waals surface area contributed by atoms with Crippen molar-refractivity contribution in [2.45, 2.75) is 20.3 Å². The normalized spacial score (nSPS) is 10.8. The first-order valence-electron chi connectivity index (χ1n) is 8.96. The molecule has 3 rings (SSSR count). The molecule has 0 bridgehead atoms. The monoisotopic (exact) mass is 379 g/mol. The molecule has 0 radical (unpaired) electrons. The van der Waals surface area contributed by atoms with Crippen LogP contribution in [0.4, 0.5) is 5.69 Å². The van der Waals surface area contributed by atoms with Gasteiger partial charge in [-0.1, -0.05) is 19.9 Å². The number of rotatable bonds is 7. The van der Waals surface area contributed by atoms with E-state index in [0.29, 0.717) is 23.3 Å². The molecule has 0 unspecified atom stereocenters. The van der Waals surface area contributed by atoms with Gasteiger partial charge in [0.25, 0.3) is 0 Å². The van der Waals surface area contributed by atoms with Crippen LogP contribution in [0.5, 0.6) is 0 Å². The second-order valence-corrected chi connectivity index (χ2v) is 6.82. The fourth-order valence-electron chi connectivity index (χ4n) is 2.64. The molecule has 0 fully saturated rings. The minimum Gasteiger partial charge on any atom is -0.453 e. The average Bonchev–Trinajstić information content (AvgIpc) is 3.10. The van der Waals surface area contributed by atoms with Crippen LogP contribution in [0.1, 0.15) is 41.1 Å². The maximum atomic E-state index is 12.2. The Morgan fingerprint density at radius 3 is 2.54 bits per heavy atom. The van der Waals surface area contributed by atoms with E-state index in [9.17, 15) is 14.4 Å². The van der Waals surface area contributed by atoms with Crippen molar-refractivity contribution in [2.75, 3.05) is 11.9 Å². The van der Waals surface area contributed by atoms with Crippen molar-refractivity contribution in [1.82, 2.24) is 9.38 Å². The highest BCUT2D eigenvalue weighted by atomic mass is 16.5. The van der Waals surface area contributed by atoms with Gasteiger partial charge in [0.05, 0.1) is 0 Å². The Bertz CT molecular complexity index is 973. The molecule has 0 atom stereocenters. The summed E-state index contributed by atoms with van der Waals surface area (Å²) in [5.74, 6) is -0.800. The zero-order valence-electron chi connectivity index (χ0n) is 15.7. The number of pyridine rings is 1. The van der Waals surface area contributed by atoms with Gasteiger partial charge in [0.2, 0.25) is 5.91 Å². The summed E-state index contributed by atoms with van der Waals surface area (Å²) in [6, 6.07) is 11.9. The summed E-state index contributed by atoms with van der Waals surface area (Å²) in [5.41, 5.74) is 1.77. The number of esters is 1. The van der Waals surface area contributed by atoms with Gasteiger partial charge in [0.15, 0.2) is 18.1 Å². The zero-order chi connectivity index (χ0) is 20.1. The topological polar surface area (TPSA) is 89.8 Å². The highest BCUT2D eigenvalue weighted by Gasteiger charge is 2.15. The number of carbonyl (C=O) groups excluding carboxylic acids is 3. The highest BCUT2D eigenvalue weighted by Crippen LogP contribution is 2.12. The standard InChI is InChI=1S/C21H21N3O4/c1-14(2)11-20(26)22-16-8-6-15(7-9-16)18(25)13-28-21(27)17-12-24-10-4-3-5-19(24)23-17/h3-10,12,14H,11,13H2,1-2H3,(H,22,26). The van der Waals surface area contributed by atoms with E-state index in [1.54, 1.807) is 47.1 Å². The lowest BCUT2D eigenvalue weighted by Gasteiger charge is -2.08. The number of nitrogens with one attached hydrogen (secondary N) is 1. The summed E-state index contributed by atoms with van der Waals surface area (Å²) >= 11 is 0. The molecular formula is C21H21N3O4. The molecule has 2 aromatic heterocycles. The fourth-order valence-corrected chi connectivity index (χ4v) is 2.64. The molecule has 1 N–H and O–H groups in total. The SMILES string of the molecule is CC(C)CC(=O)Nc1ccc(C(=O)COC(=O)c2cn3ccccc3n2)cc1. The molecular weight excluding hydrogens is 358 g/mol. The van der Waals surface area contributed by atoms with Crippen LogP contribution >= 0.6 is 0 Å². The highest BCUT2D eigenvalue weighted by molar-refractivity contribution is 5.99. The van der Waals surface area contributed by atoms with Gasteiger partial charge < -0.3 is 14.5 Å². The molecule has 3 aromatic rings. The first kappa shape index (κ1) is 19.3. The first-order valence-corrected chi connectivity index (χ1v) is 8.96. The number of fused-ring (bicyclic) bond motifs is 1.